The first-order valence-electron chi connectivity index (χ1n) is 17.5. The van der Waals surface area contributed by atoms with Gasteiger partial charge in [0.05, 0.1) is 34.3 Å². The van der Waals surface area contributed by atoms with Gasteiger partial charge in [0.1, 0.15) is 5.78 Å². The van der Waals surface area contributed by atoms with Gasteiger partial charge in [-0.2, -0.15) is 0 Å². The fraction of sp³-hybridized carbons (Fsp3) is 0.943. The Hall–Kier alpha value is -0.310. The van der Waals surface area contributed by atoms with Crippen molar-refractivity contribution < 1.29 is 18.6 Å². The molecule has 0 N–H and O–H groups in total. The van der Waals surface area contributed by atoms with Gasteiger partial charge in [0.2, 0.25) is 0 Å². The van der Waals surface area contributed by atoms with Gasteiger partial charge < -0.3 is 22.6 Å². The molecule has 0 saturated heterocycles. The minimum absolute atomic E-state index is 0.225. The predicted molar refractivity (Wildman–Crippen MR) is 176 cm³/mol. The van der Waals surface area contributed by atoms with E-state index in [0.717, 1.165) is 49.6 Å². The third-order valence-corrected chi connectivity index (χ3v) is 8.66. The van der Waals surface area contributed by atoms with Crippen LogP contribution in [-0.2, 0) is 14.1 Å². The maximum Gasteiger partial charge on any atom is 0.132 e. The number of carbonyl (C=O) groups excluding carboxylic acids is 2. The average molecular weight is 584 g/mol. The van der Waals surface area contributed by atoms with Gasteiger partial charge in [0, 0.05) is 18.4 Å². The lowest BCUT2D eigenvalue weighted by Crippen LogP contribution is -2.37. The molecule has 0 spiro atoms. The number of ketones is 1. The SMILES string of the molecule is CCCCCCCCCCCCCCCC(=O)CCCCCCCCCCCCCC(=O)[P-]OCC[N+](C)(C)C. The van der Waals surface area contributed by atoms with Crippen molar-refractivity contribution in [3.05, 3.63) is 0 Å². The van der Waals surface area contributed by atoms with Crippen LogP contribution in [-0.4, -0.2) is 50.1 Å². The number of hydrogen-bond acceptors (Lipinski definition) is 3. The Balaban J connectivity index is 3.24. The predicted octanol–water partition coefficient (Wildman–Crippen LogP) is 11.2. The number of carbonyl (C=O) groups is 2. The summed E-state index contributed by atoms with van der Waals surface area (Å²) in [6, 6.07) is 0. The number of hydrogen-bond donors (Lipinski definition) is 0. The maximum absolute atomic E-state index is 12.1. The third-order valence-electron chi connectivity index (χ3n) is 7.93. The number of rotatable bonds is 33. The molecule has 0 aliphatic heterocycles. The molecule has 40 heavy (non-hydrogen) atoms. The molecule has 4 nitrogen and oxygen atoms in total. The minimum Gasteiger partial charge on any atom is -0.546 e. The monoisotopic (exact) mass is 584 g/mol. The first-order chi connectivity index (χ1) is 19.3. The zero-order chi connectivity index (χ0) is 29.6. The Morgan fingerprint density at radius 3 is 1.18 bits per heavy atom. The van der Waals surface area contributed by atoms with Gasteiger partial charge in [-0.1, -0.05) is 142 Å². The molecule has 0 aliphatic rings. The van der Waals surface area contributed by atoms with E-state index in [1.807, 2.05) is 0 Å². The van der Waals surface area contributed by atoms with Crippen LogP contribution in [0, 0.1) is 0 Å². The van der Waals surface area contributed by atoms with Crippen LogP contribution in [0.15, 0.2) is 0 Å². The highest BCUT2D eigenvalue weighted by Gasteiger charge is 2.04. The summed E-state index contributed by atoms with van der Waals surface area (Å²) < 4.78 is 6.34. The molecule has 0 aromatic heterocycles. The Labute approximate surface area is 253 Å². The van der Waals surface area contributed by atoms with Crippen molar-refractivity contribution in [2.75, 3.05) is 34.3 Å². The van der Waals surface area contributed by atoms with E-state index in [1.165, 1.54) is 128 Å². The van der Waals surface area contributed by atoms with Gasteiger partial charge >= 0.3 is 0 Å². The van der Waals surface area contributed by atoms with Gasteiger partial charge in [-0.05, 0) is 25.7 Å². The van der Waals surface area contributed by atoms with Crippen LogP contribution in [0.1, 0.15) is 180 Å². The zero-order valence-corrected chi connectivity index (χ0v) is 28.5. The van der Waals surface area contributed by atoms with Crippen molar-refractivity contribution >= 4 is 20.1 Å². The second-order valence-corrected chi connectivity index (χ2v) is 14.2. The summed E-state index contributed by atoms with van der Waals surface area (Å²) in [6.07, 6.45) is 33.6. The van der Waals surface area contributed by atoms with Gasteiger partial charge in [0.25, 0.3) is 0 Å². The topological polar surface area (TPSA) is 43.4 Å². The summed E-state index contributed by atoms with van der Waals surface area (Å²) in [5.74, 6) is 0.497. The fourth-order valence-electron chi connectivity index (χ4n) is 5.13. The number of unbranched alkanes of at least 4 members (excludes halogenated alkanes) is 22. The van der Waals surface area contributed by atoms with Crippen molar-refractivity contribution in [3.8, 4) is 0 Å². The molecule has 0 aromatic carbocycles. The molecule has 0 aromatic rings. The summed E-state index contributed by atoms with van der Waals surface area (Å²) in [7, 11) is 6.94. The smallest absolute Gasteiger partial charge is 0.132 e. The zero-order valence-electron chi connectivity index (χ0n) is 27.6. The molecule has 0 saturated carbocycles. The molecule has 0 atom stereocenters. The first-order valence-corrected chi connectivity index (χ1v) is 18.3. The Bertz CT molecular complexity index is 561. The first kappa shape index (κ1) is 39.7. The molecule has 0 heterocycles. The Morgan fingerprint density at radius 1 is 0.500 bits per heavy atom. The summed E-state index contributed by atoms with van der Waals surface area (Å²) >= 11 is 0. The van der Waals surface area contributed by atoms with Crippen molar-refractivity contribution in [2.45, 2.75) is 180 Å². The summed E-state index contributed by atoms with van der Waals surface area (Å²) in [5.41, 5.74) is 0.225. The van der Waals surface area contributed by atoms with Crippen molar-refractivity contribution in [2.24, 2.45) is 0 Å². The van der Waals surface area contributed by atoms with E-state index in [9.17, 15) is 9.59 Å². The quantitative estimate of drug-likeness (QED) is 0.0438. The lowest BCUT2D eigenvalue weighted by atomic mass is 10.0. The van der Waals surface area contributed by atoms with E-state index in [2.05, 4.69) is 28.1 Å². The van der Waals surface area contributed by atoms with Crippen LogP contribution < -0.4 is 0 Å². The van der Waals surface area contributed by atoms with Crippen LogP contribution >= 0.6 is 8.81 Å². The van der Waals surface area contributed by atoms with Crippen molar-refractivity contribution in [1.82, 2.24) is 0 Å². The summed E-state index contributed by atoms with van der Waals surface area (Å²) in [6.45, 7) is 3.86. The van der Waals surface area contributed by atoms with E-state index in [0.29, 0.717) is 27.6 Å². The minimum atomic E-state index is 0.225. The summed E-state index contributed by atoms with van der Waals surface area (Å²) in [4.78, 5) is 24.0. The average Bonchev–Trinajstić information content (AvgIpc) is 2.91. The molecular formula is C35H70NO3P. The number of nitrogens with zero attached hydrogens (tertiary/aromatic N) is 1. The molecule has 0 aliphatic carbocycles. The van der Waals surface area contributed by atoms with Crippen LogP contribution in [0.2, 0.25) is 0 Å². The number of likely N-dealkylation sites (N-methyl/N-ethyl adjacent to an activating group) is 1. The highest BCUT2D eigenvalue weighted by Crippen LogP contribution is 2.19. The second-order valence-electron chi connectivity index (χ2n) is 13.3. The van der Waals surface area contributed by atoms with Gasteiger partial charge in [-0.15, -0.1) is 0 Å². The van der Waals surface area contributed by atoms with E-state index >= 15 is 0 Å². The van der Waals surface area contributed by atoms with E-state index < -0.39 is 0 Å². The Morgan fingerprint density at radius 2 is 0.825 bits per heavy atom. The van der Waals surface area contributed by atoms with Crippen LogP contribution in [0.25, 0.3) is 0 Å². The van der Waals surface area contributed by atoms with Crippen LogP contribution in [0.3, 0.4) is 0 Å². The standard InChI is InChI=1S/C35H70NO3P/c1-5-6-7-8-9-10-11-12-14-17-20-23-26-29-34(37)30-27-24-21-18-15-13-16-19-22-25-28-31-35(38)40-39-33-32-36(2,3)4/h5-33H2,1-4H3. The molecule has 238 valence electrons. The molecule has 5 heteroatoms. The second kappa shape index (κ2) is 30.2. The number of quaternary nitrogens is 1. The van der Waals surface area contributed by atoms with Crippen molar-refractivity contribution in [1.29, 1.82) is 0 Å². The number of Topliss-reactive ketones (excluding diaryl/α,β-unsaturated/α-hetero) is 1. The van der Waals surface area contributed by atoms with E-state index in [-0.39, 0.29) is 5.52 Å². The van der Waals surface area contributed by atoms with E-state index in [4.69, 9.17) is 4.52 Å². The molecular weight excluding hydrogens is 513 g/mol. The van der Waals surface area contributed by atoms with Gasteiger partial charge in [0.15, 0.2) is 0 Å². The normalized spacial score (nSPS) is 12.1. The largest absolute Gasteiger partial charge is 0.546 e. The lowest BCUT2D eigenvalue weighted by Gasteiger charge is -2.26. The fourth-order valence-corrected chi connectivity index (χ4v) is 5.70. The summed E-state index contributed by atoms with van der Waals surface area (Å²) in [5, 5.41) is 0. The maximum atomic E-state index is 12.1. The molecule has 0 rings (SSSR count). The van der Waals surface area contributed by atoms with Crippen molar-refractivity contribution in [3.63, 3.8) is 0 Å². The molecule has 0 radical (unpaired) electrons. The van der Waals surface area contributed by atoms with E-state index in [1.54, 1.807) is 0 Å². The van der Waals surface area contributed by atoms with Crippen LogP contribution in [0.4, 0.5) is 0 Å². The van der Waals surface area contributed by atoms with Crippen LogP contribution in [0.5, 0.6) is 0 Å². The molecule has 0 amide bonds. The molecule has 0 unspecified atom stereocenters. The lowest BCUT2D eigenvalue weighted by molar-refractivity contribution is -0.870. The van der Waals surface area contributed by atoms with Gasteiger partial charge in [-0.25, -0.2) is 0 Å². The molecule has 0 fully saturated rings. The highest BCUT2D eigenvalue weighted by molar-refractivity contribution is 7.53. The molecule has 0 bridgehead atoms. The Kier molecular flexibility index (Phi) is 29.9. The van der Waals surface area contributed by atoms with Gasteiger partial charge in [-0.3, -0.25) is 4.79 Å². The highest BCUT2D eigenvalue weighted by atomic mass is 31.1. The third kappa shape index (κ3) is 33.9.